The molecule has 0 aliphatic heterocycles. The summed E-state index contributed by atoms with van der Waals surface area (Å²) in [6.45, 7) is 0. The number of aromatic nitrogens is 2. The molecule has 4 aromatic rings. The van der Waals surface area contributed by atoms with Gasteiger partial charge in [0.15, 0.2) is 11.6 Å². The van der Waals surface area contributed by atoms with Gasteiger partial charge in [-0.2, -0.15) is 18.4 Å². The molecular formula is C30H22F6N4O2. The molecule has 2 unspecified atom stereocenters. The zero-order chi connectivity index (χ0) is 29.9. The largest absolute Gasteiger partial charge is 0.481 e. The van der Waals surface area contributed by atoms with Crippen molar-refractivity contribution in [1.29, 1.82) is 5.26 Å². The number of carbonyl (C=O) groups is 1. The summed E-state index contributed by atoms with van der Waals surface area (Å²) in [6.07, 6.45) is -0.491. The van der Waals surface area contributed by atoms with Crippen LogP contribution < -0.4 is 5.32 Å². The van der Waals surface area contributed by atoms with Gasteiger partial charge in [0.2, 0.25) is 0 Å². The number of benzene rings is 2. The van der Waals surface area contributed by atoms with Crippen molar-refractivity contribution in [3.63, 3.8) is 0 Å². The number of hydrogen-bond donors (Lipinski definition) is 3. The van der Waals surface area contributed by atoms with Crippen molar-refractivity contribution in [3.05, 3.63) is 71.2 Å². The highest BCUT2D eigenvalue weighted by atomic mass is 19.4. The maximum Gasteiger partial charge on any atom is 0.416 e. The molecule has 0 saturated heterocycles. The number of anilines is 1. The first kappa shape index (κ1) is 27.6. The van der Waals surface area contributed by atoms with Gasteiger partial charge >= 0.3 is 12.1 Å². The van der Waals surface area contributed by atoms with E-state index < -0.39 is 52.9 Å². The lowest BCUT2D eigenvalue weighted by Gasteiger charge is -2.47. The first-order chi connectivity index (χ1) is 20.0. The van der Waals surface area contributed by atoms with Crippen LogP contribution in [-0.2, 0) is 11.0 Å². The van der Waals surface area contributed by atoms with E-state index in [1.807, 2.05) is 6.07 Å². The van der Waals surface area contributed by atoms with Crippen molar-refractivity contribution in [1.82, 2.24) is 9.97 Å². The number of hydrogen-bond acceptors (Lipinski definition) is 4. The maximum absolute atomic E-state index is 16.4. The number of carboxylic acid groups (broad SMARTS) is 1. The summed E-state index contributed by atoms with van der Waals surface area (Å²) in [7, 11) is 0. The molecule has 3 aliphatic rings. The Balaban J connectivity index is 1.58. The molecule has 2 heterocycles. The molecule has 6 nitrogen and oxygen atoms in total. The van der Waals surface area contributed by atoms with Crippen LogP contribution in [0.15, 0.2) is 42.6 Å². The van der Waals surface area contributed by atoms with Gasteiger partial charge in [-0.1, -0.05) is 12.1 Å². The Morgan fingerprint density at radius 2 is 1.71 bits per heavy atom. The first-order valence-corrected chi connectivity index (χ1v) is 13.2. The summed E-state index contributed by atoms with van der Waals surface area (Å²) in [4.78, 5) is 19.3. The quantitative estimate of drug-likeness (QED) is 0.211. The minimum Gasteiger partial charge on any atom is -0.481 e. The SMILES string of the molecule is N#Cc1c(-c2c[nH]c3c(F)cc(F)cc23)nc(NC2C3CCC(CC3)C2C(=O)O)c(F)c1-c1ccc(C(F)(F)F)cc1. The van der Waals surface area contributed by atoms with Crippen LogP contribution in [0.3, 0.4) is 0 Å². The average Bonchev–Trinajstić information content (AvgIpc) is 3.37. The Kier molecular flexibility index (Phi) is 6.63. The number of nitriles is 1. The molecule has 3 aliphatic carbocycles. The molecule has 0 amide bonds. The van der Waals surface area contributed by atoms with Gasteiger partial charge in [0, 0.05) is 34.8 Å². The summed E-state index contributed by atoms with van der Waals surface area (Å²) >= 11 is 0. The Labute approximate surface area is 235 Å². The van der Waals surface area contributed by atoms with Crippen LogP contribution in [0.5, 0.6) is 0 Å². The number of H-pyrrole nitrogens is 1. The van der Waals surface area contributed by atoms with E-state index in [0.717, 1.165) is 56.0 Å². The van der Waals surface area contributed by atoms with Crippen molar-refractivity contribution in [2.75, 3.05) is 5.32 Å². The zero-order valence-corrected chi connectivity index (χ0v) is 21.7. The number of aromatic amines is 1. The number of aliphatic carboxylic acids is 1. The molecule has 3 N–H and O–H groups in total. The first-order valence-electron chi connectivity index (χ1n) is 13.2. The number of rotatable bonds is 5. The molecule has 2 aromatic heterocycles. The summed E-state index contributed by atoms with van der Waals surface area (Å²) in [5.74, 6) is -5.38. The number of alkyl halides is 3. The highest BCUT2D eigenvalue weighted by Gasteiger charge is 2.48. The summed E-state index contributed by atoms with van der Waals surface area (Å²) in [5.41, 5.74) is -2.02. The normalized spacial score (nSPS) is 21.8. The van der Waals surface area contributed by atoms with Crippen molar-refractivity contribution in [3.8, 4) is 28.5 Å². The molecule has 0 radical (unpaired) electrons. The van der Waals surface area contributed by atoms with E-state index in [1.165, 1.54) is 6.20 Å². The van der Waals surface area contributed by atoms with Crippen LogP contribution in [0, 0.1) is 46.5 Å². The van der Waals surface area contributed by atoms with E-state index in [-0.39, 0.29) is 50.7 Å². The fourth-order valence-corrected chi connectivity index (χ4v) is 6.58. The Morgan fingerprint density at radius 3 is 2.33 bits per heavy atom. The number of carboxylic acids is 1. The van der Waals surface area contributed by atoms with Crippen LogP contribution in [0.25, 0.3) is 33.3 Å². The third-order valence-corrected chi connectivity index (χ3v) is 8.52. The molecule has 2 aromatic carbocycles. The van der Waals surface area contributed by atoms with E-state index in [2.05, 4.69) is 15.3 Å². The zero-order valence-electron chi connectivity index (χ0n) is 21.7. The Hall–Kier alpha value is -4.53. The molecule has 12 heteroatoms. The van der Waals surface area contributed by atoms with E-state index in [4.69, 9.17) is 0 Å². The Morgan fingerprint density at radius 1 is 1.05 bits per heavy atom. The number of nitrogens with zero attached hydrogens (tertiary/aromatic N) is 2. The lowest BCUT2D eigenvalue weighted by Crippen LogP contribution is -2.51. The van der Waals surface area contributed by atoms with Crippen molar-refractivity contribution in [2.45, 2.75) is 37.9 Å². The van der Waals surface area contributed by atoms with Gasteiger partial charge in [-0.15, -0.1) is 0 Å². The van der Waals surface area contributed by atoms with Crippen LogP contribution in [0.4, 0.5) is 32.2 Å². The van der Waals surface area contributed by atoms with E-state index in [9.17, 15) is 37.1 Å². The minimum atomic E-state index is -4.66. The number of nitrogens with one attached hydrogen (secondary N) is 2. The fourth-order valence-electron chi connectivity index (χ4n) is 6.58. The number of fused-ring (bicyclic) bond motifs is 4. The predicted octanol–water partition coefficient (Wildman–Crippen LogP) is 7.51. The highest BCUT2D eigenvalue weighted by molar-refractivity contribution is 5.98. The number of pyridine rings is 1. The fraction of sp³-hybridized carbons (Fsp3) is 0.300. The topological polar surface area (TPSA) is 102 Å². The average molecular weight is 585 g/mol. The van der Waals surface area contributed by atoms with Gasteiger partial charge in [-0.3, -0.25) is 4.79 Å². The van der Waals surface area contributed by atoms with Gasteiger partial charge in [0.1, 0.15) is 17.7 Å². The summed E-state index contributed by atoms with van der Waals surface area (Å²) in [5, 5.41) is 23.1. The van der Waals surface area contributed by atoms with Crippen LogP contribution in [-0.4, -0.2) is 27.1 Å². The predicted molar refractivity (Wildman–Crippen MR) is 141 cm³/mol. The highest BCUT2D eigenvalue weighted by Crippen LogP contribution is 2.47. The molecule has 2 bridgehead atoms. The third kappa shape index (κ3) is 4.53. The smallest absolute Gasteiger partial charge is 0.416 e. The van der Waals surface area contributed by atoms with E-state index >= 15 is 4.39 Å². The molecule has 3 saturated carbocycles. The second-order valence-corrected chi connectivity index (χ2v) is 10.8. The second-order valence-electron chi connectivity index (χ2n) is 10.8. The lowest BCUT2D eigenvalue weighted by atomic mass is 9.61. The second kappa shape index (κ2) is 10.1. The van der Waals surface area contributed by atoms with Gasteiger partial charge < -0.3 is 15.4 Å². The summed E-state index contributed by atoms with van der Waals surface area (Å²) < 4.78 is 84.9. The van der Waals surface area contributed by atoms with Gasteiger partial charge in [-0.05, 0) is 61.3 Å². The monoisotopic (exact) mass is 584 g/mol. The molecule has 42 heavy (non-hydrogen) atoms. The van der Waals surface area contributed by atoms with Crippen molar-refractivity contribution in [2.24, 2.45) is 17.8 Å². The van der Waals surface area contributed by atoms with Crippen LogP contribution in [0.2, 0.25) is 0 Å². The van der Waals surface area contributed by atoms with Gasteiger partial charge in [0.05, 0.1) is 28.3 Å². The molecule has 0 spiro atoms. The minimum absolute atomic E-state index is 0.00700. The molecular weight excluding hydrogens is 562 g/mol. The lowest BCUT2D eigenvalue weighted by molar-refractivity contribution is -0.148. The van der Waals surface area contributed by atoms with Crippen LogP contribution >= 0.6 is 0 Å². The van der Waals surface area contributed by atoms with Crippen molar-refractivity contribution >= 4 is 22.7 Å². The molecule has 3 fully saturated rings. The molecule has 7 rings (SSSR count). The van der Waals surface area contributed by atoms with Crippen LogP contribution in [0.1, 0.15) is 36.8 Å². The Bertz CT molecular complexity index is 1750. The van der Waals surface area contributed by atoms with E-state index in [0.29, 0.717) is 6.07 Å². The summed E-state index contributed by atoms with van der Waals surface area (Å²) in [6, 6.07) is 6.39. The van der Waals surface area contributed by atoms with E-state index in [1.54, 1.807) is 0 Å². The maximum atomic E-state index is 16.4. The standard InChI is InChI=1S/C30H22F6N4O2/c31-17-9-18-20(12-38-27(18)21(32)10-17)26-19(11-37)22(13-5-7-16(8-6-13)30(34,35)36)24(33)28(40-26)39-25-15-3-1-14(2-4-15)23(25)29(41)42/h5-10,12,14-15,23,25,38H,1-4H2,(H,39,40)(H,41,42). The van der Waals surface area contributed by atoms with Gasteiger partial charge in [-0.25, -0.2) is 18.2 Å². The molecule has 2 atom stereocenters. The molecule has 216 valence electrons. The van der Waals surface area contributed by atoms with Gasteiger partial charge in [0.25, 0.3) is 0 Å². The number of halogens is 6. The van der Waals surface area contributed by atoms with Crippen molar-refractivity contribution < 1.29 is 36.2 Å². The third-order valence-electron chi connectivity index (χ3n) is 8.52.